The van der Waals surface area contributed by atoms with Crippen molar-refractivity contribution in [1.82, 2.24) is 0 Å². The zero-order chi connectivity index (χ0) is 12.9. The molecule has 0 aromatic carbocycles. The third kappa shape index (κ3) is 5.91. The maximum atomic E-state index is 11.6. The van der Waals surface area contributed by atoms with Gasteiger partial charge in [0.05, 0.1) is 18.8 Å². The van der Waals surface area contributed by atoms with Crippen molar-refractivity contribution in [1.29, 1.82) is 0 Å². The Morgan fingerprint density at radius 2 is 1.41 bits per heavy atom. The predicted molar refractivity (Wildman–Crippen MR) is 61.4 cm³/mol. The fourth-order valence-electron chi connectivity index (χ4n) is 1.34. The van der Waals surface area contributed by atoms with Gasteiger partial charge in [-0.3, -0.25) is 9.59 Å². The number of ketones is 2. The predicted octanol–water partition coefficient (Wildman–Crippen LogP) is 1.75. The maximum Gasteiger partial charge on any atom is 0.207 e. The van der Waals surface area contributed by atoms with Crippen LogP contribution in [0.1, 0.15) is 41.5 Å². The fourth-order valence-corrected chi connectivity index (χ4v) is 1.34. The summed E-state index contributed by atoms with van der Waals surface area (Å²) in [5.74, 6) is -0.622. The maximum absolute atomic E-state index is 11.6. The molecule has 0 aromatic heterocycles. The largest absolute Gasteiger partial charge is 0.375 e. The molecular weight excluding hydrogens is 256 g/mol. The molecule has 0 aliphatic carbocycles. The molecule has 0 spiro atoms. The number of carbonyl (C=O) groups is 2. The Labute approximate surface area is 118 Å². The summed E-state index contributed by atoms with van der Waals surface area (Å²) >= 11 is 0. The molecule has 0 unspecified atom stereocenters. The molecule has 0 aliphatic heterocycles. The van der Waals surface area contributed by atoms with Crippen LogP contribution in [0.2, 0.25) is 0 Å². The Kier molecular flexibility index (Phi) is 9.25. The third-order valence-corrected chi connectivity index (χ3v) is 2.19. The topological polar surface area (TPSA) is 52.6 Å². The second kappa shape index (κ2) is 8.14. The van der Waals surface area contributed by atoms with Crippen LogP contribution in [0.3, 0.4) is 0 Å². The first-order chi connectivity index (χ1) is 7.22. The van der Waals surface area contributed by atoms with Gasteiger partial charge in [-0.2, -0.15) is 0 Å². The van der Waals surface area contributed by atoms with Crippen molar-refractivity contribution in [2.45, 2.75) is 59.4 Å². The van der Waals surface area contributed by atoms with Crippen LogP contribution in [0.5, 0.6) is 0 Å². The van der Waals surface area contributed by atoms with E-state index < -0.39 is 5.60 Å². The Hall–Kier alpha value is -0.0257. The van der Waals surface area contributed by atoms with Gasteiger partial charge in [0.25, 0.3) is 0 Å². The van der Waals surface area contributed by atoms with E-state index in [0.717, 1.165) is 0 Å². The smallest absolute Gasteiger partial charge is 0.207 e. The average molecular weight is 278 g/mol. The van der Waals surface area contributed by atoms with Gasteiger partial charge in [0, 0.05) is 21.7 Å². The molecule has 0 aliphatic rings. The molecule has 0 aromatic rings. The summed E-state index contributed by atoms with van der Waals surface area (Å²) in [6.07, 6.45) is -0.252. The first-order valence-electron chi connectivity index (χ1n) is 5.54. The summed E-state index contributed by atoms with van der Waals surface area (Å²) < 4.78 is 10.9. The van der Waals surface area contributed by atoms with E-state index in [9.17, 15) is 9.59 Å². The van der Waals surface area contributed by atoms with Crippen molar-refractivity contribution in [3.8, 4) is 0 Å². The van der Waals surface area contributed by atoms with Crippen molar-refractivity contribution < 1.29 is 40.8 Å². The molecule has 0 heterocycles. The van der Waals surface area contributed by atoms with Crippen molar-refractivity contribution in [3.05, 3.63) is 0 Å². The summed E-state index contributed by atoms with van der Waals surface area (Å²) in [4.78, 5) is 23.3. The van der Waals surface area contributed by atoms with Crippen molar-refractivity contribution in [2.24, 2.45) is 0 Å². The van der Waals surface area contributed by atoms with E-state index in [2.05, 4.69) is 0 Å². The van der Waals surface area contributed by atoms with Gasteiger partial charge < -0.3 is 9.47 Å². The number of hydrogen-bond donors (Lipinski definition) is 0. The van der Waals surface area contributed by atoms with E-state index in [1.54, 1.807) is 13.8 Å². The Morgan fingerprint density at radius 3 is 1.65 bits per heavy atom. The van der Waals surface area contributed by atoms with Gasteiger partial charge >= 0.3 is 0 Å². The Morgan fingerprint density at radius 1 is 1.00 bits per heavy atom. The third-order valence-electron chi connectivity index (χ3n) is 2.19. The molecule has 0 N–H and O–H groups in total. The minimum atomic E-state index is -1.45. The first-order valence-corrected chi connectivity index (χ1v) is 5.54. The molecule has 0 saturated carbocycles. The van der Waals surface area contributed by atoms with Gasteiger partial charge in [-0.15, -0.1) is 0 Å². The van der Waals surface area contributed by atoms with E-state index >= 15 is 0 Å². The number of ether oxygens (including phenoxy) is 2. The Bertz CT molecular complexity index is 247. The minimum absolute atomic E-state index is 0. The second-order valence-electron chi connectivity index (χ2n) is 4.47. The van der Waals surface area contributed by atoms with Crippen LogP contribution in [0.25, 0.3) is 0 Å². The molecule has 0 amide bonds. The molecule has 17 heavy (non-hydrogen) atoms. The molecule has 0 bridgehead atoms. The van der Waals surface area contributed by atoms with Gasteiger partial charge in [0.15, 0.2) is 11.6 Å². The average Bonchev–Trinajstić information content (AvgIpc) is 2.10. The minimum Gasteiger partial charge on any atom is -0.375 e. The number of carbonyl (C=O) groups excluding carboxylic acids is 2. The molecule has 0 radical (unpaired) electrons. The molecule has 98 valence electrons. The number of rotatable bonds is 7. The van der Waals surface area contributed by atoms with Crippen molar-refractivity contribution >= 4 is 11.6 Å². The zero-order valence-electron chi connectivity index (χ0n) is 11.5. The molecule has 0 atom stereocenters. The van der Waals surface area contributed by atoms with Crippen LogP contribution in [-0.2, 0) is 40.8 Å². The van der Waals surface area contributed by atoms with E-state index in [-0.39, 0.29) is 52.1 Å². The van der Waals surface area contributed by atoms with Crippen molar-refractivity contribution in [2.75, 3.05) is 6.61 Å². The van der Waals surface area contributed by atoms with Gasteiger partial charge in [-0.1, -0.05) is 0 Å². The van der Waals surface area contributed by atoms with Crippen molar-refractivity contribution in [3.63, 3.8) is 0 Å². The zero-order valence-corrected chi connectivity index (χ0v) is 13.1. The normalized spacial score (nSPS) is 11.5. The summed E-state index contributed by atoms with van der Waals surface area (Å²) in [6.45, 7) is 9.96. The fraction of sp³-hybridized carbons (Fsp3) is 0.833. The van der Waals surface area contributed by atoms with Crippen LogP contribution in [0.15, 0.2) is 0 Å². The molecule has 4 nitrogen and oxygen atoms in total. The first kappa shape index (κ1) is 19.3. The van der Waals surface area contributed by atoms with Gasteiger partial charge in [0.2, 0.25) is 5.60 Å². The molecule has 0 saturated heterocycles. The summed E-state index contributed by atoms with van der Waals surface area (Å²) in [6, 6.07) is 0. The van der Waals surface area contributed by atoms with E-state index in [1.165, 1.54) is 13.8 Å². The Balaban J connectivity index is 0. The van der Waals surface area contributed by atoms with Crippen LogP contribution in [0.4, 0.5) is 0 Å². The molecular formula is C12H22O4Ti. The monoisotopic (exact) mass is 278 g/mol. The summed E-state index contributed by atoms with van der Waals surface area (Å²) in [5, 5.41) is 0. The van der Waals surface area contributed by atoms with Crippen LogP contribution >= 0.6 is 0 Å². The van der Waals surface area contributed by atoms with Crippen LogP contribution in [-0.4, -0.2) is 36.0 Å². The van der Waals surface area contributed by atoms with Gasteiger partial charge in [-0.05, 0) is 41.5 Å². The summed E-state index contributed by atoms with van der Waals surface area (Å²) in [5.41, 5.74) is -1.45. The number of hydrogen-bond acceptors (Lipinski definition) is 4. The van der Waals surface area contributed by atoms with E-state index in [4.69, 9.17) is 9.47 Å². The second-order valence-corrected chi connectivity index (χ2v) is 4.47. The quantitative estimate of drug-likeness (QED) is 0.526. The van der Waals surface area contributed by atoms with E-state index in [1.807, 2.05) is 13.8 Å². The summed E-state index contributed by atoms with van der Waals surface area (Å²) in [7, 11) is 0. The number of Topliss-reactive ketones (excluding diaryl/α,β-unsaturated/α-hetero) is 2. The van der Waals surface area contributed by atoms with Crippen LogP contribution < -0.4 is 0 Å². The molecule has 0 rings (SSSR count). The van der Waals surface area contributed by atoms with Crippen LogP contribution in [0, 0.1) is 0 Å². The molecule has 0 fully saturated rings. The molecule has 5 heteroatoms. The van der Waals surface area contributed by atoms with Gasteiger partial charge in [0.1, 0.15) is 0 Å². The van der Waals surface area contributed by atoms with Gasteiger partial charge in [-0.25, -0.2) is 0 Å². The van der Waals surface area contributed by atoms with E-state index in [0.29, 0.717) is 0 Å². The SMILES string of the molecule is CC(=O)C(COC(C)C)(OC(C)C)C(C)=O.[Ti]. The standard InChI is InChI=1S/C12H22O4.Ti/c1-8(2)15-7-12(10(5)13,11(6)14)16-9(3)4;/h8-9H,7H2,1-6H3;.